The van der Waals surface area contributed by atoms with Gasteiger partial charge in [0.15, 0.2) is 0 Å². The Morgan fingerprint density at radius 2 is 2.12 bits per heavy atom. The van der Waals surface area contributed by atoms with Crippen LogP contribution in [0.4, 0.5) is 0 Å². The molecule has 0 aliphatic carbocycles. The Hall–Kier alpha value is -1.62. The number of nitrogens with one attached hydrogen (secondary N) is 2. The van der Waals surface area contributed by atoms with Crippen LogP contribution in [-0.4, -0.2) is 15.0 Å². The third-order valence-corrected chi connectivity index (χ3v) is 3.03. The summed E-state index contributed by atoms with van der Waals surface area (Å²) in [5, 5.41) is 0.957. The van der Waals surface area contributed by atoms with E-state index in [-0.39, 0.29) is 5.56 Å². The van der Waals surface area contributed by atoms with Crippen LogP contribution >= 0.6 is 15.9 Å². The number of aryl methyl sites for hydroxylation is 1. The molecule has 80 valence electrons. The zero-order valence-corrected chi connectivity index (χ0v) is 10.1. The number of halogens is 1. The molecule has 0 spiro atoms. The van der Waals surface area contributed by atoms with E-state index in [0.717, 1.165) is 20.9 Å². The number of hydrogen-bond donors (Lipinski definition) is 2. The lowest BCUT2D eigenvalue weighted by Gasteiger charge is -1.93. The Labute approximate surface area is 98.8 Å². The van der Waals surface area contributed by atoms with E-state index in [2.05, 4.69) is 30.9 Å². The van der Waals surface area contributed by atoms with Crippen molar-refractivity contribution in [2.24, 2.45) is 0 Å². The summed E-state index contributed by atoms with van der Waals surface area (Å²) in [6.45, 7) is 1.78. The third kappa shape index (κ3) is 1.28. The van der Waals surface area contributed by atoms with Gasteiger partial charge in [-0.25, -0.2) is 4.98 Å². The van der Waals surface area contributed by atoms with Gasteiger partial charge in [0, 0.05) is 15.4 Å². The molecule has 0 amide bonds. The smallest absolute Gasteiger partial charge is 0.275 e. The molecular formula is C11H8BrN3O. The molecule has 2 aromatic heterocycles. The minimum Gasteiger partial charge on any atom is -0.349 e. The lowest BCUT2D eigenvalue weighted by atomic mass is 10.2. The summed E-state index contributed by atoms with van der Waals surface area (Å²) < 4.78 is 0.973. The lowest BCUT2D eigenvalue weighted by molar-refractivity contribution is 1.06. The van der Waals surface area contributed by atoms with Gasteiger partial charge in [-0.3, -0.25) is 4.79 Å². The molecule has 0 aliphatic rings. The van der Waals surface area contributed by atoms with Crippen molar-refractivity contribution in [2.75, 3.05) is 0 Å². The average Bonchev–Trinajstić information content (AvgIpc) is 2.57. The number of fused-ring (bicyclic) bond motifs is 3. The van der Waals surface area contributed by atoms with Gasteiger partial charge in [0.05, 0.1) is 0 Å². The van der Waals surface area contributed by atoms with Gasteiger partial charge >= 0.3 is 0 Å². The highest BCUT2D eigenvalue weighted by Crippen LogP contribution is 2.24. The molecule has 0 aliphatic heterocycles. The van der Waals surface area contributed by atoms with Crippen molar-refractivity contribution in [2.45, 2.75) is 6.92 Å². The maximum atomic E-state index is 11.7. The van der Waals surface area contributed by atoms with Gasteiger partial charge in [0.2, 0.25) is 0 Å². The van der Waals surface area contributed by atoms with Crippen LogP contribution in [0.1, 0.15) is 5.82 Å². The summed E-state index contributed by atoms with van der Waals surface area (Å²) in [5.74, 6) is 0.623. The van der Waals surface area contributed by atoms with Gasteiger partial charge in [-0.05, 0) is 25.1 Å². The molecule has 0 fully saturated rings. The Bertz CT molecular complexity index is 757. The lowest BCUT2D eigenvalue weighted by Crippen LogP contribution is -2.09. The van der Waals surface area contributed by atoms with Crippen molar-refractivity contribution in [3.8, 4) is 0 Å². The minimum atomic E-state index is -0.130. The van der Waals surface area contributed by atoms with E-state index in [9.17, 15) is 4.79 Å². The number of nitrogens with zero attached hydrogens (tertiary/aromatic N) is 1. The number of aromatic amines is 2. The van der Waals surface area contributed by atoms with E-state index in [4.69, 9.17) is 0 Å². The molecule has 3 aromatic rings. The molecule has 4 nitrogen and oxygen atoms in total. The second kappa shape index (κ2) is 3.18. The summed E-state index contributed by atoms with van der Waals surface area (Å²) in [6, 6.07) is 5.81. The van der Waals surface area contributed by atoms with Crippen LogP contribution in [0.3, 0.4) is 0 Å². The highest BCUT2D eigenvalue weighted by atomic mass is 79.9. The predicted octanol–water partition coefficient (Wildman–Crippen LogP) is 2.48. The maximum Gasteiger partial charge on any atom is 0.275 e. The fraction of sp³-hybridized carbons (Fsp3) is 0.0909. The molecular weight excluding hydrogens is 270 g/mol. The monoisotopic (exact) mass is 277 g/mol. The summed E-state index contributed by atoms with van der Waals surface area (Å²) in [4.78, 5) is 21.8. The first-order valence-electron chi connectivity index (χ1n) is 4.83. The fourth-order valence-electron chi connectivity index (χ4n) is 1.85. The Balaban J connectivity index is 2.62. The van der Waals surface area contributed by atoms with E-state index >= 15 is 0 Å². The fourth-order valence-corrected chi connectivity index (χ4v) is 2.21. The van der Waals surface area contributed by atoms with Crippen LogP contribution in [0.2, 0.25) is 0 Å². The highest BCUT2D eigenvalue weighted by molar-refractivity contribution is 9.10. The summed E-state index contributed by atoms with van der Waals surface area (Å²) in [7, 11) is 0. The Morgan fingerprint density at radius 1 is 1.31 bits per heavy atom. The van der Waals surface area contributed by atoms with Crippen molar-refractivity contribution < 1.29 is 0 Å². The standard InChI is InChI=1S/C11H8BrN3O/c1-5-13-9-7-4-6(12)2-3-8(7)15-10(9)11(16)14-5/h2-4,15H,1H3,(H,13,14,16). The third-order valence-electron chi connectivity index (χ3n) is 2.53. The molecule has 3 rings (SSSR count). The zero-order chi connectivity index (χ0) is 11.3. The first kappa shape index (κ1) is 9.59. The quantitative estimate of drug-likeness (QED) is 0.663. The van der Waals surface area contributed by atoms with Crippen molar-refractivity contribution in [3.63, 3.8) is 0 Å². The first-order valence-corrected chi connectivity index (χ1v) is 5.62. The molecule has 0 unspecified atom stereocenters. The zero-order valence-electron chi connectivity index (χ0n) is 8.47. The van der Waals surface area contributed by atoms with Crippen LogP contribution in [0.15, 0.2) is 27.5 Å². The topological polar surface area (TPSA) is 61.5 Å². The van der Waals surface area contributed by atoms with Gasteiger partial charge in [0.25, 0.3) is 5.56 Å². The first-order chi connectivity index (χ1) is 7.65. The van der Waals surface area contributed by atoms with Crippen LogP contribution in [0.25, 0.3) is 21.9 Å². The SMILES string of the molecule is Cc1nc2c([nH]c3ccc(Br)cc32)c(=O)[nH]1. The van der Waals surface area contributed by atoms with E-state index < -0.39 is 0 Å². The maximum absolute atomic E-state index is 11.7. The summed E-state index contributed by atoms with van der Waals surface area (Å²) >= 11 is 3.41. The van der Waals surface area contributed by atoms with E-state index in [1.807, 2.05) is 18.2 Å². The molecule has 5 heteroatoms. The number of H-pyrrole nitrogens is 2. The molecule has 2 heterocycles. The molecule has 1 aromatic carbocycles. The number of rotatable bonds is 0. The molecule has 0 bridgehead atoms. The molecule has 2 N–H and O–H groups in total. The van der Waals surface area contributed by atoms with Crippen molar-refractivity contribution in [1.82, 2.24) is 15.0 Å². The van der Waals surface area contributed by atoms with E-state index in [1.165, 1.54) is 0 Å². The summed E-state index contributed by atoms with van der Waals surface area (Å²) in [6.07, 6.45) is 0. The molecule has 0 radical (unpaired) electrons. The largest absolute Gasteiger partial charge is 0.349 e. The highest BCUT2D eigenvalue weighted by Gasteiger charge is 2.09. The number of hydrogen-bond acceptors (Lipinski definition) is 2. The normalized spacial score (nSPS) is 11.4. The summed E-state index contributed by atoms with van der Waals surface area (Å²) in [5.41, 5.74) is 2.04. The molecule has 0 saturated carbocycles. The van der Waals surface area contributed by atoms with Crippen LogP contribution in [0.5, 0.6) is 0 Å². The van der Waals surface area contributed by atoms with Crippen molar-refractivity contribution in [3.05, 3.63) is 38.9 Å². The second-order valence-corrected chi connectivity index (χ2v) is 4.61. The van der Waals surface area contributed by atoms with Gasteiger partial charge in [0.1, 0.15) is 16.9 Å². The minimum absolute atomic E-state index is 0.130. The Kier molecular flexibility index (Phi) is 1.91. The van der Waals surface area contributed by atoms with Crippen LogP contribution in [-0.2, 0) is 0 Å². The van der Waals surface area contributed by atoms with E-state index in [0.29, 0.717) is 11.3 Å². The number of aromatic nitrogens is 3. The molecule has 0 saturated heterocycles. The van der Waals surface area contributed by atoms with Gasteiger partial charge < -0.3 is 9.97 Å². The Morgan fingerprint density at radius 3 is 2.94 bits per heavy atom. The van der Waals surface area contributed by atoms with Crippen LogP contribution < -0.4 is 5.56 Å². The second-order valence-electron chi connectivity index (χ2n) is 3.69. The van der Waals surface area contributed by atoms with Gasteiger partial charge in [-0.1, -0.05) is 15.9 Å². The van der Waals surface area contributed by atoms with Crippen LogP contribution in [0, 0.1) is 6.92 Å². The van der Waals surface area contributed by atoms with Gasteiger partial charge in [-0.15, -0.1) is 0 Å². The average molecular weight is 278 g/mol. The van der Waals surface area contributed by atoms with Crippen molar-refractivity contribution >= 4 is 37.9 Å². The predicted molar refractivity (Wildman–Crippen MR) is 66.7 cm³/mol. The molecule has 16 heavy (non-hydrogen) atoms. The van der Waals surface area contributed by atoms with Gasteiger partial charge in [-0.2, -0.15) is 0 Å². The van der Waals surface area contributed by atoms with E-state index in [1.54, 1.807) is 6.92 Å². The number of benzene rings is 1. The van der Waals surface area contributed by atoms with Crippen molar-refractivity contribution in [1.29, 1.82) is 0 Å². The molecule has 0 atom stereocenters.